The molecule has 6 nitrogen and oxygen atoms in total. The van der Waals surface area contributed by atoms with Gasteiger partial charge in [-0.3, -0.25) is 0 Å². The summed E-state index contributed by atoms with van der Waals surface area (Å²) >= 11 is 0. The topological polar surface area (TPSA) is 110 Å². The molecule has 0 amide bonds. The van der Waals surface area contributed by atoms with Crippen LogP contribution < -0.4 is 5.32 Å². The van der Waals surface area contributed by atoms with E-state index in [2.05, 4.69) is 5.32 Å². The number of carbonyl (C=O) groups is 1. The van der Waals surface area contributed by atoms with Gasteiger partial charge in [-0.2, -0.15) is 0 Å². The minimum Gasteiger partial charge on any atom is -0.479 e. The van der Waals surface area contributed by atoms with Gasteiger partial charge in [0, 0.05) is 0 Å². The lowest BCUT2D eigenvalue weighted by atomic mass is 9.94. The first-order valence-electron chi connectivity index (χ1n) is 4.04. The molecule has 0 aromatic rings. The lowest BCUT2D eigenvalue weighted by Gasteiger charge is -2.34. The Hall–Kier alpha value is -0.690. The summed E-state index contributed by atoms with van der Waals surface area (Å²) in [5, 5.41) is 38.7. The van der Waals surface area contributed by atoms with E-state index in [0.717, 1.165) is 0 Å². The largest absolute Gasteiger partial charge is 0.479 e. The van der Waals surface area contributed by atoms with E-state index >= 15 is 0 Å². The van der Waals surface area contributed by atoms with Crippen LogP contribution in [0.25, 0.3) is 0 Å². The van der Waals surface area contributed by atoms with E-state index in [9.17, 15) is 15.0 Å². The SMILES string of the molecule is O=C(O)C(O)C1NCC[C@@H](O)[C@H]1O. The highest BCUT2D eigenvalue weighted by Gasteiger charge is 2.37. The van der Waals surface area contributed by atoms with Crippen LogP contribution in [0.4, 0.5) is 0 Å². The summed E-state index contributed by atoms with van der Waals surface area (Å²) < 4.78 is 0. The van der Waals surface area contributed by atoms with E-state index in [-0.39, 0.29) is 0 Å². The van der Waals surface area contributed by atoms with Crippen molar-refractivity contribution in [3.8, 4) is 0 Å². The average Bonchev–Trinajstić information content (AvgIpc) is 2.08. The van der Waals surface area contributed by atoms with Crippen LogP contribution in [0.3, 0.4) is 0 Å². The molecule has 4 atom stereocenters. The van der Waals surface area contributed by atoms with Gasteiger partial charge in [0.15, 0.2) is 6.10 Å². The van der Waals surface area contributed by atoms with Crippen LogP contribution in [0.15, 0.2) is 0 Å². The summed E-state index contributed by atoms with van der Waals surface area (Å²) in [6, 6.07) is -0.999. The Morgan fingerprint density at radius 1 is 1.46 bits per heavy atom. The molecule has 0 radical (unpaired) electrons. The Kier molecular flexibility index (Phi) is 3.21. The highest BCUT2D eigenvalue weighted by Crippen LogP contribution is 2.12. The van der Waals surface area contributed by atoms with Gasteiger partial charge in [0.25, 0.3) is 0 Å². The number of aliphatic hydroxyl groups excluding tert-OH is 3. The first-order valence-corrected chi connectivity index (χ1v) is 4.04. The van der Waals surface area contributed by atoms with Gasteiger partial charge < -0.3 is 25.7 Å². The number of nitrogens with one attached hydrogen (secondary N) is 1. The molecule has 6 heteroatoms. The van der Waals surface area contributed by atoms with Gasteiger partial charge in [0.1, 0.15) is 0 Å². The van der Waals surface area contributed by atoms with Crippen molar-refractivity contribution in [1.29, 1.82) is 0 Å². The maximum atomic E-state index is 10.4. The number of hydrogen-bond donors (Lipinski definition) is 5. The first kappa shape index (κ1) is 10.4. The molecular formula is C7H13NO5. The third-order valence-corrected chi connectivity index (χ3v) is 2.18. The molecule has 1 heterocycles. The number of carboxylic acid groups (broad SMARTS) is 1. The second-order valence-corrected chi connectivity index (χ2v) is 3.11. The summed E-state index contributed by atoms with van der Waals surface area (Å²) in [4.78, 5) is 10.4. The molecule has 1 rings (SSSR count). The van der Waals surface area contributed by atoms with Crippen LogP contribution in [0.2, 0.25) is 0 Å². The van der Waals surface area contributed by atoms with Crippen molar-refractivity contribution in [1.82, 2.24) is 5.32 Å². The zero-order chi connectivity index (χ0) is 10.0. The molecule has 13 heavy (non-hydrogen) atoms. The summed E-state index contributed by atoms with van der Waals surface area (Å²) in [7, 11) is 0. The van der Waals surface area contributed by atoms with Crippen molar-refractivity contribution in [3.05, 3.63) is 0 Å². The monoisotopic (exact) mass is 191 g/mol. The van der Waals surface area contributed by atoms with Crippen molar-refractivity contribution < 1.29 is 25.2 Å². The van der Waals surface area contributed by atoms with Crippen molar-refractivity contribution >= 4 is 5.97 Å². The normalized spacial score (nSPS) is 37.0. The zero-order valence-corrected chi connectivity index (χ0v) is 6.92. The lowest BCUT2D eigenvalue weighted by molar-refractivity contribution is -0.153. The predicted octanol–water partition coefficient (Wildman–Crippen LogP) is -2.48. The van der Waals surface area contributed by atoms with Gasteiger partial charge in [-0.05, 0) is 13.0 Å². The molecular weight excluding hydrogens is 178 g/mol. The third-order valence-electron chi connectivity index (χ3n) is 2.18. The van der Waals surface area contributed by atoms with Crippen LogP contribution in [-0.2, 0) is 4.79 Å². The molecule has 1 aliphatic heterocycles. The second-order valence-electron chi connectivity index (χ2n) is 3.11. The Bertz CT molecular complexity index is 197. The fourth-order valence-corrected chi connectivity index (χ4v) is 1.38. The maximum Gasteiger partial charge on any atom is 0.334 e. The number of hydrogen-bond acceptors (Lipinski definition) is 5. The van der Waals surface area contributed by atoms with E-state index < -0.39 is 30.3 Å². The fourth-order valence-electron chi connectivity index (χ4n) is 1.38. The Morgan fingerprint density at radius 2 is 2.08 bits per heavy atom. The number of aliphatic carboxylic acids is 1. The summed E-state index contributed by atoms with van der Waals surface area (Å²) in [5.41, 5.74) is 0. The minimum absolute atomic E-state index is 0.351. The van der Waals surface area contributed by atoms with Gasteiger partial charge in [-0.1, -0.05) is 0 Å². The van der Waals surface area contributed by atoms with Crippen molar-refractivity contribution in [2.75, 3.05) is 6.54 Å². The molecule has 5 N–H and O–H groups in total. The Morgan fingerprint density at radius 3 is 2.62 bits per heavy atom. The fraction of sp³-hybridized carbons (Fsp3) is 0.857. The molecule has 1 aliphatic rings. The Balaban J connectivity index is 2.62. The summed E-state index contributed by atoms with van der Waals surface area (Å²) in [5.74, 6) is -1.41. The van der Waals surface area contributed by atoms with Gasteiger partial charge >= 0.3 is 5.97 Å². The van der Waals surface area contributed by atoms with Crippen LogP contribution in [0, 0.1) is 0 Å². The molecule has 2 unspecified atom stereocenters. The molecule has 1 saturated heterocycles. The molecule has 0 aromatic carbocycles. The smallest absolute Gasteiger partial charge is 0.334 e. The minimum atomic E-state index is -1.69. The summed E-state index contributed by atoms with van der Waals surface area (Å²) in [6.07, 6.45) is -3.55. The van der Waals surface area contributed by atoms with Crippen molar-refractivity contribution in [3.63, 3.8) is 0 Å². The van der Waals surface area contributed by atoms with Gasteiger partial charge in [0.05, 0.1) is 18.2 Å². The van der Waals surface area contributed by atoms with Gasteiger partial charge in [-0.25, -0.2) is 4.79 Å². The second kappa shape index (κ2) is 4.01. The highest BCUT2D eigenvalue weighted by atomic mass is 16.4. The van der Waals surface area contributed by atoms with Crippen LogP contribution in [0.5, 0.6) is 0 Å². The number of carboxylic acids is 1. The van der Waals surface area contributed by atoms with Crippen molar-refractivity contribution in [2.24, 2.45) is 0 Å². The molecule has 0 aromatic heterocycles. The number of aliphatic hydroxyl groups is 3. The lowest BCUT2D eigenvalue weighted by Crippen LogP contribution is -2.59. The van der Waals surface area contributed by atoms with E-state index in [0.29, 0.717) is 13.0 Å². The molecule has 0 spiro atoms. The van der Waals surface area contributed by atoms with Crippen LogP contribution in [0.1, 0.15) is 6.42 Å². The van der Waals surface area contributed by atoms with E-state index in [1.807, 2.05) is 0 Å². The number of piperidine rings is 1. The third kappa shape index (κ3) is 2.16. The predicted molar refractivity (Wildman–Crippen MR) is 42.1 cm³/mol. The van der Waals surface area contributed by atoms with Gasteiger partial charge in [-0.15, -0.1) is 0 Å². The molecule has 0 saturated carbocycles. The van der Waals surface area contributed by atoms with Crippen LogP contribution in [-0.4, -0.2) is 57.3 Å². The van der Waals surface area contributed by atoms with E-state index in [4.69, 9.17) is 10.2 Å². The molecule has 76 valence electrons. The standard InChI is InChI=1S/C7H13NO5/c9-3-1-2-8-4(5(3)10)6(11)7(12)13/h3-6,8-11H,1-2H2,(H,12,13)/t3-,4?,5-,6?/m1/s1. The quantitative estimate of drug-likeness (QED) is 0.330. The highest BCUT2D eigenvalue weighted by molar-refractivity contribution is 5.73. The molecule has 1 fully saturated rings. The number of rotatable bonds is 2. The van der Waals surface area contributed by atoms with Crippen molar-refractivity contribution in [2.45, 2.75) is 30.8 Å². The molecule has 0 aliphatic carbocycles. The van der Waals surface area contributed by atoms with E-state index in [1.165, 1.54) is 0 Å². The first-order chi connectivity index (χ1) is 6.04. The zero-order valence-electron chi connectivity index (χ0n) is 6.92. The van der Waals surface area contributed by atoms with Gasteiger partial charge in [0.2, 0.25) is 0 Å². The summed E-state index contributed by atoms with van der Waals surface area (Å²) in [6.45, 7) is 0.382. The maximum absolute atomic E-state index is 10.4. The Labute approximate surface area is 74.8 Å². The average molecular weight is 191 g/mol. The van der Waals surface area contributed by atoms with E-state index in [1.54, 1.807) is 0 Å². The van der Waals surface area contributed by atoms with Crippen LogP contribution >= 0.6 is 0 Å². The molecule has 0 bridgehead atoms.